The van der Waals surface area contributed by atoms with Gasteiger partial charge in [-0.15, -0.1) is 0 Å². The van der Waals surface area contributed by atoms with Gasteiger partial charge in [0.15, 0.2) is 0 Å². The first-order valence-electron chi connectivity index (χ1n) is 2.86. The van der Waals surface area contributed by atoms with E-state index >= 15 is 0 Å². The maximum Gasteiger partial charge on any atom is 0.107 e. The molecule has 0 aliphatic rings. The maximum absolute atomic E-state index is 9.16. The van der Waals surface area contributed by atoms with Crippen molar-refractivity contribution in [1.29, 1.82) is 0 Å². The second-order valence-electron chi connectivity index (χ2n) is 3.00. The minimum Gasteiger partial charge on any atom is -0.380 e. The fraction of sp³-hybridized carbons (Fsp3) is 1.00. The van der Waals surface area contributed by atoms with Gasteiger partial charge < -0.3 is 10.2 Å². The van der Waals surface area contributed by atoms with Gasteiger partial charge >= 0.3 is 0 Å². The number of aliphatic hydroxyl groups is 2. The van der Waals surface area contributed by atoms with Crippen LogP contribution in [0.4, 0.5) is 0 Å². The van der Waals surface area contributed by atoms with Crippen LogP contribution in [0.2, 0.25) is 0 Å². The lowest BCUT2D eigenvalue weighted by Gasteiger charge is -2.25. The molecule has 0 fully saturated rings. The van der Waals surface area contributed by atoms with Crippen LogP contribution in [0.3, 0.4) is 0 Å². The SMILES string of the molecule is CC(C)(O)SC(C)(C)O. The van der Waals surface area contributed by atoms with E-state index in [9.17, 15) is 0 Å². The summed E-state index contributed by atoms with van der Waals surface area (Å²) in [5.41, 5.74) is 0. The molecule has 0 saturated heterocycles. The van der Waals surface area contributed by atoms with Crippen molar-refractivity contribution in [2.75, 3.05) is 0 Å². The Bertz CT molecular complexity index is 76.2. The predicted molar refractivity (Wildman–Crippen MR) is 40.2 cm³/mol. The van der Waals surface area contributed by atoms with Gasteiger partial charge in [-0.25, -0.2) is 0 Å². The summed E-state index contributed by atoms with van der Waals surface area (Å²) in [6.45, 7) is 6.59. The molecule has 0 heterocycles. The van der Waals surface area contributed by atoms with Crippen molar-refractivity contribution in [2.45, 2.75) is 37.6 Å². The van der Waals surface area contributed by atoms with Crippen molar-refractivity contribution in [1.82, 2.24) is 0 Å². The summed E-state index contributed by atoms with van der Waals surface area (Å²) in [5.74, 6) is 0. The summed E-state index contributed by atoms with van der Waals surface area (Å²) in [4.78, 5) is -1.70. The summed E-state index contributed by atoms with van der Waals surface area (Å²) in [6, 6.07) is 0. The Hall–Kier alpha value is 0.270. The van der Waals surface area contributed by atoms with Crippen LogP contribution in [0, 0.1) is 0 Å². The largest absolute Gasteiger partial charge is 0.380 e. The van der Waals surface area contributed by atoms with Gasteiger partial charge in [0.05, 0.1) is 0 Å². The molecule has 56 valence electrons. The van der Waals surface area contributed by atoms with E-state index in [4.69, 9.17) is 10.2 Å². The third kappa shape index (κ3) is 8.27. The van der Waals surface area contributed by atoms with Crippen LogP contribution in [-0.2, 0) is 0 Å². The van der Waals surface area contributed by atoms with Gasteiger partial charge in [-0.2, -0.15) is 0 Å². The van der Waals surface area contributed by atoms with E-state index in [1.165, 1.54) is 0 Å². The highest BCUT2D eigenvalue weighted by Gasteiger charge is 2.24. The normalized spacial score (nSPS) is 14.0. The smallest absolute Gasteiger partial charge is 0.107 e. The van der Waals surface area contributed by atoms with Crippen molar-refractivity contribution < 1.29 is 10.2 Å². The van der Waals surface area contributed by atoms with E-state index < -0.39 is 9.87 Å². The van der Waals surface area contributed by atoms with E-state index in [1.807, 2.05) is 0 Å². The van der Waals surface area contributed by atoms with Crippen molar-refractivity contribution in [2.24, 2.45) is 0 Å². The van der Waals surface area contributed by atoms with E-state index in [0.29, 0.717) is 0 Å². The molecule has 0 amide bonds. The minimum atomic E-state index is -0.849. The molecule has 3 heteroatoms. The van der Waals surface area contributed by atoms with E-state index in [2.05, 4.69) is 0 Å². The molecule has 0 rings (SSSR count). The molecule has 0 aliphatic heterocycles. The van der Waals surface area contributed by atoms with Crippen molar-refractivity contribution in [3.05, 3.63) is 0 Å². The highest BCUT2D eigenvalue weighted by Crippen LogP contribution is 2.31. The van der Waals surface area contributed by atoms with Crippen molar-refractivity contribution in [3.8, 4) is 0 Å². The molecule has 0 aromatic heterocycles. The molecule has 2 N–H and O–H groups in total. The van der Waals surface area contributed by atoms with Crippen LogP contribution in [0.15, 0.2) is 0 Å². The molecule has 9 heavy (non-hydrogen) atoms. The molecule has 0 spiro atoms. The van der Waals surface area contributed by atoms with Crippen LogP contribution < -0.4 is 0 Å². The Morgan fingerprint density at radius 2 is 1.11 bits per heavy atom. The lowest BCUT2D eigenvalue weighted by molar-refractivity contribution is 0.146. The summed E-state index contributed by atoms with van der Waals surface area (Å²) >= 11 is 1.12. The summed E-state index contributed by atoms with van der Waals surface area (Å²) in [5, 5.41) is 18.3. The number of thioether (sulfide) groups is 1. The first-order chi connectivity index (χ1) is 3.71. The standard InChI is InChI=1S/C6H14O2S/c1-5(2,7)9-6(3,4)8/h7-8H,1-4H3. The second-order valence-corrected chi connectivity index (χ2v) is 5.20. The molecular formula is C6H14O2S. The first kappa shape index (κ1) is 9.27. The van der Waals surface area contributed by atoms with E-state index in [0.717, 1.165) is 11.8 Å². The Labute approximate surface area is 60.3 Å². The third-order valence-electron chi connectivity index (χ3n) is 0.500. The molecule has 0 radical (unpaired) electrons. The van der Waals surface area contributed by atoms with Gasteiger partial charge in [-0.1, -0.05) is 11.8 Å². The second kappa shape index (κ2) is 2.48. The molecule has 0 unspecified atom stereocenters. The van der Waals surface area contributed by atoms with Gasteiger partial charge in [0.2, 0.25) is 0 Å². The van der Waals surface area contributed by atoms with Gasteiger partial charge in [-0.05, 0) is 27.7 Å². The molecule has 0 aromatic rings. The molecule has 2 nitrogen and oxygen atoms in total. The Morgan fingerprint density at radius 3 is 1.11 bits per heavy atom. The zero-order valence-corrected chi connectivity index (χ0v) is 7.12. The lowest BCUT2D eigenvalue weighted by atomic mass is 10.5. The zero-order chi connectivity index (χ0) is 7.71. The number of hydrogen-bond acceptors (Lipinski definition) is 3. The molecule has 0 aliphatic carbocycles. The Morgan fingerprint density at radius 1 is 0.889 bits per heavy atom. The fourth-order valence-electron chi connectivity index (χ4n) is 0.611. The summed E-state index contributed by atoms with van der Waals surface area (Å²) in [7, 11) is 0. The average molecular weight is 150 g/mol. The molecular weight excluding hydrogens is 136 g/mol. The van der Waals surface area contributed by atoms with Gasteiger partial charge in [0.1, 0.15) is 9.87 Å². The van der Waals surface area contributed by atoms with Crippen LogP contribution in [0.25, 0.3) is 0 Å². The summed E-state index contributed by atoms with van der Waals surface area (Å²) in [6.07, 6.45) is 0. The van der Waals surface area contributed by atoms with Gasteiger partial charge in [-0.3, -0.25) is 0 Å². The Balaban J connectivity index is 3.75. The predicted octanol–water partition coefficient (Wildman–Crippen LogP) is 1.18. The quantitative estimate of drug-likeness (QED) is 0.581. The monoisotopic (exact) mass is 150 g/mol. The van der Waals surface area contributed by atoms with Gasteiger partial charge in [0, 0.05) is 0 Å². The van der Waals surface area contributed by atoms with E-state index in [1.54, 1.807) is 27.7 Å². The Kier molecular flexibility index (Phi) is 2.56. The summed E-state index contributed by atoms with van der Waals surface area (Å²) < 4.78 is 0. The molecule has 0 aromatic carbocycles. The highest BCUT2D eigenvalue weighted by atomic mass is 32.2. The van der Waals surface area contributed by atoms with Crippen LogP contribution in [0.5, 0.6) is 0 Å². The molecule has 0 saturated carbocycles. The zero-order valence-electron chi connectivity index (χ0n) is 6.30. The number of hydrogen-bond donors (Lipinski definition) is 2. The minimum absolute atomic E-state index is 0.849. The molecule has 0 atom stereocenters. The topological polar surface area (TPSA) is 40.5 Å². The van der Waals surface area contributed by atoms with Crippen molar-refractivity contribution >= 4 is 11.8 Å². The fourth-order valence-corrected chi connectivity index (χ4v) is 1.83. The van der Waals surface area contributed by atoms with Crippen molar-refractivity contribution in [3.63, 3.8) is 0 Å². The third-order valence-corrected chi connectivity index (χ3v) is 1.50. The molecule has 0 bridgehead atoms. The highest BCUT2D eigenvalue weighted by molar-refractivity contribution is 8.01. The van der Waals surface area contributed by atoms with Crippen LogP contribution >= 0.6 is 11.8 Å². The van der Waals surface area contributed by atoms with Crippen LogP contribution in [-0.4, -0.2) is 20.1 Å². The average Bonchev–Trinajstić information content (AvgIpc) is 1.14. The lowest BCUT2D eigenvalue weighted by Crippen LogP contribution is -2.24. The van der Waals surface area contributed by atoms with E-state index in [-0.39, 0.29) is 0 Å². The maximum atomic E-state index is 9.16. The van der Waals surface area contributed by atoms with Crippen LogP contribution in [0.1, 0.15) is 27.7 Å². The van der Waals surface area contributed by atoms with Gasteiger partial charge in [0.25, 0.3) is 0 Å². The number of rotatable bonds is 2. The first-order valence-corrected chi connectivity index (χ1v) is 3.67.